The van der Waals surface area contributed by atoms with Crippen LogP contribution in [-0.2, 0) is 6.54 Å². The van der Waals surface area contributed by atoms with Gasteiger partial charge in [-0.05, 0) is 19.9 Å². The second-order valence-electron chi connectivity index (χ2n) is 4.30. The van der Waals surface area contributed by atoms with Gasteiger partial charge in [0.2, 0.25) is 0 Å². The smallest absolute Gasteiger partial charge is 0.163 e. The minimum Gasteiger partial charge on any atom is -0.409 e. The highest BCUT2D eigenvalue weighted by Crippen LogP contribution is 2.15. The molecule has 18 heavy (non-hydrogen) atoms. The molecule has 0 aliphatic heterocycles. The average molecular weight is 257 g/mol. The Labute approximate surface area is 105 Å². The van der Waals surface area contributed by atoms with Crippen molar-refractivity contribution in [2.45, 2.75) is 26.4 Å². The summed E-state index contributed by atoms with van der Waals surface area (Å²) in [5.41, 5.74) is 5.67. The molecule has 0 aliphatic rings. The van der Waals surface area contributed by atoms with Gasteiger partial charge >= 0.3 is 0 Å². The molecule has 6 heteroatoms. The quantitative estimate of drug-likeness (QED) is 0.366. The number of rotatable bonds is 5. The molecule has 100 valence electrons. The van der Waals surface area contributed by atoms with E-state index in [0.717, 1.165) is 6.07 Å². The number of hydrogen-bond acceptors (Lipinski definition) is 3. The van der Waals surface area contributed by atoms with Crippen molar-refractivity contribution in [2.75, 3.05) is 6.54 Å². The summed E-state index contributed by atoms with van der Waals surface area (Å²) in [6, 6.07) is 4.09. The summed E-state index contributed by atoms with van der Waals surface area (Å²) >= 11 is 0. The number of nitrogens with two attached hydrogens (primary N) is 1. The van der Waals surface area contributed by atoms with Gasteiger partial charge in [0.05, 0.1) is 6.54 Å². The number of hydrogen-bond donors (Lipinski definition) is 2. The molecule has 4 nitrogen and oxygen atoms in total. The van der Waals surface area contributed by atoms with Crippen molar-refractivity contribution in [1.29, 1.82) is 0 Å². The Kier molecular flexibility index (Phi) is 5.03. The zero-order valence-electron chi connectivity index (χ0n) is 10.4. The zero-order valence-corrected chi connectivity index (χ0v) is 10.4. The summed E-state index contributed by atoms with van der Waals surface area (Å²) in [4.78, 5) is 1.77. The molecule has 0 saturated carbocycles. The standard InChI is InChI=1S/C12H17F2N3O/c1-8(2)17(7-11(15)16-18)6-9-4-3-5-10(13)12(9)14/h3-5,8,18H,6-7H2,1-2H3,(H2,15,16). The molecule has 1 rings (SSSR count). The van der Waals surface area contributed by atoms with Crippen molar-refractivity contribution in [2.24, 2.45) is 10.9 Å². The molecule has 0 saturated heterocycles. The number of oxime groups is 1. The lowest BCUT2D eigenvalue weighted by Crippen LogP contribution is -2.38. The lowest BCUT2D eigenvalue weighted by molar-refractivity contribution is 0.234. The molecule has 0 amide bonds. The highest BCUT2D eigenvalue weighted by Gasteiger charge is 2.15. The summed E-state index contributed by atoms with van der Waals surface area (Å²) in [5, 5.41) is 11.4. The Hall–Kier alpha value is -1.69. The second kappa shape index (κ2) is 6.30. The molecular formula is C12H17F2N3O. The van der Waals surface area contributed by atoms with Gasteiger partial charge in [0.25, 0.3) is 0 Å². The van der Waals surface area contributed by atoms with Gasteiger partial charge < -0.3 is 10.9 Å². The van der Waals surface area contributed by atoms with Crippen LogP contribution in [0.4, 0.5) is 8.78 Å². The summed E-state index contributed by atoms with van der Waals surface area (Å²) < 4.78 is 26.6. The third-order valence-electron chi connectivity index (χ3n) is 2.63. The fourth-order valence-electron chi connectivity index (χ4n) is 1.55. The van der Waals surface area contributed by atoms with Crippen molar-refractivity contribution in [3.8, 4) is 0 Å². The van der Waals surface area contributed by atoms with Crippen molar-refractivity contribution in [3.05, 3.63) is 35.4 Å². The first-order valence-electron chi connectivity index (χ1n) is 5.59. The van der Waals surface area contributed by atoms with E-state index in [0.29, 0.717) is 0 Å². The van der Waals surface area contributed by atoms with Gasteiger partial charge in [0, 0.05) is 18.2 Å². The zero-order chi connectivity index (χ0) is 13.7. The molecule has 0 spiro atoms. The van der Waals surface area contributed by atoms with Crippen LogP contribution in [0.15, 0.2) is 23.4 Å². The van der Waals surface area contributed by atoms with Gasteiger partial charge in [-0.2, -0.15) is 0 Å². The minimum absolute atomic E-state index is 0.0283. The van der Waals surface area contributed by atoms with Crippen LogP contribution in [0.1, 0.15) is 19.4 Å². The van der Waals surface area contributed by atoms with Gasteiger partial charge in [0.1, 0.15) is 0 Å². The summed E-state index contributed by atoms with van der Waals surface area (Å²) in [7, 11) is 0. The van der Waals surface area contributed by atoms with E-state index in [1.165, 1.54) is 12.1 Å². The predicted molar refractivity (Wildman–Crippen MR) is 65.3 cm³/mol. The molecule has 3 N–H and O–H groups in total. The Balaban J connectivity index is 2.87. The topological polar surface area (TPSA) is 61.8 Å². The van der Waals surface area contributed by atoms with Gasteiger partial charge in [-0.25, -0.2) is 8.78 Å². The van der Waals surface area contributed by atoms with E-state index in [1.54, 1.807) is 4.90 Å². The lowest BCUT2D eigenvalue weighted by atomic mass is 10.1. The van der Waals surface area contributed by atoms with Gasteiger partial charge in [0.15, 0.2) is 17.5 Å². The Morgan fingerprint density at radius 1 is 1.44 bits per heavy atom. The van der Waals surface area contributed by atoms with E-state index < -0.39 is 11.6 Å². The third kappa shape index (κ3) is 3.66. The van der Waals surface area contributed by atoms with Crippen molar-refractivity contribution < 1.29 is 14.0 Å². The van der Waals surface area contributed by atoms with Crippen LogP contribution in [0.5, 0.6) is 0 Å². The van der Waals surface area contributed by atoms with Crippen LogP contribution < -0.4 is 5.73 Å². The highest BCUT2D eigenvalue weighted by molar-refractivity contribution is 5.81. The van der Waals surface area contributed by atoms with Gasteiger partial charge in [-0.3, -0.25) is 4.90 Å². The highest BCUT2D eigenvalue weighted by atomic mass is 19.2. The first-order chi connectivity index (χ1) is 8.45. The fraction of sp³-hybridized carbons (Fsp3) is 0.417. The minimum atomic E-state index is -0.875. The maximum absolute atomic E-state index is 13.5. The average Bonchev–Trinajstić information content (AvgIpc) is 2.33. The Bertz CT molecular complexity index is 435. The summed E-state index contributed by atoms with van der Waals surface area (Å²) in [6.07, 6.45) is 0. The van der Waals surface area contributed by atoms with Gasteiger partial charge in [-0.1, -0.05) is 17.3 Å². The van der Waals surface area contributed by atoms with E-state index in [4.69, 9.17) is 10.9 Å². The second-order valence-corrected chi connectivity index (χ2v) is 4.30. The fourth-order valence-corrected chi connectivity index (χ4v) is 1.55. The van der Waals surface area contributed by atoms with Crippen LogP contribution in [0, 0.1) is 11.6 Å². The first-order valence-corrected chi connectivity index (χ1v) is 5.59. The molecule has 0 unspecified atom stereocenters. The van der Waals surface area contributed by atoms with Crippen LogP contribution in [0.25, 0.3) is 0 Å². The van der Waals surface area contributed by atoms with Crippen LogP contribution in [0.3, 0.4) is 0 Å². The molecule has 0 aromatic heterocycles. The molecule has 0 fully saturated rings. The number of amidine groups is 1. The molecule has 0 heterocycles. The van der Waals surface area contributed by atoms with Crippen LogP contribution in [0.2, 0.25) is 0 Å². The van der Waals surface area contributed by atoms with Crippen LogP contribution >= 0.6 is 0 Å². The van der Waals surface area contributed by atoms with E-state index >= 15 is 0 Å². The number of halogens is 2. The molecule has 1 aromatic carbocycles. The molecule has 0 bridgehead atoms. The summed E-state index contributed by atoms with van der Waals surface area (Å²) in [6.45, 7) is 4.16. The number of benzene rings is 1. The largest absolute Gasteiger partial charge is 0.409 e. The van der Waals surface area contributed by atoms with E-state index in [1.807, 2.05) is 13.8 Å². The van der Waals surface area contributed by atoms with Crippen molar-refractivity contribution >= 4 is 5.84 Å². The first kappa shape index (κ1) is 14.4. The molecule has 0 atom stereocenters. The maximum Gasteiger partial charge on any atom is 0.163 e. The number of nitrogens with zero attached hydrogens (tertiary/aromatic N) is 2. The van der Waals surface area contributed by atoms with Crippen molar-refractivity contribution in [1.82, 2.24) is 4.90 Å². The van der Waals surface area contributed by atoms with E-state index in [-0.39, 0.29) is 30.5 Å². The normalized spacial score (nSPS) is 12.4. The molecule has 1 aromatic rings. The van der Waals surface area contributed by atoms with Gasteiger partial charge in [-0.15, -0.1) is 0 Å². The molecule has 0 aliphatic carbocycles. The molecular weight excluding hydrogens is 240 g/mol. The third-order valence-corrected chi connectivity index (χ3v) is 2.63. The lowest BCUT2D eigenvalue weighted by Gasteiger charge is -2.25. The Morgan fingerprint density at radius 3 is 2.67 bits per heavy atom. The monoisotopic (exact) mass is 257 g/mol. The molecule has 0 radical (unpaired) electrons. The van der Waals surface area contributed by atoms with E-state index in [9.17, 15) is 8.78 Å². The van der Waals surface area contributed by atoms with Crippen LogP contribution in [-0.4, -0.2) is 28.5 Å². The predicted octanol–water partition coefficient (Wildman–Crippen LogP) is 1.92. The van der Waals surface area contributed by atoms with Crippen molar-refractivity contribution in [3.63, 3.8) is 0 Å². The SMILES string of the molecule is CC(C)N(CC(N)=NO)Cc1cccc(F)c1F. The van der Waals surface area contributed by atoms with E-state index in [2.05, 4.69) is 5.16 Å². The summed E-state index contributed by atoms with van der Waals surface area (Å²) in [5.74, 6) is -1.71. The maximum atomic E-state index is 13.5. The Morgan fingerprint density at radius 2 is 2.11 bits per heavy atom.